The van der Waals surface area contributed by atoms with Crippen LogP contribution in [0.25, 0.3) is 0 Å². The molecule has 1 aromatic heterocycles. The highest BCUT2D eigenvalue weighted by Crippen LogP contribution is 2.34. The highest BCUT2D eigenvalue weighted by molar-refractivity contribution is 9.10. The molecule has 0 aliphatic carbocycles. The predicted molar refractivity (Wildman–Crippen MR) is 76.8 cm³/mol. The molecule has 92 valence electrons. The third kappa shape index (κ3) is 4.56. The van der Waals surface area contributed by atoms with Crippen molar-refractivity contribution < 1.29 is 0 Å². The summed E-state index contributed by atoms with van der Waals surface area (Å²) in [6.45, 7) is 9.16. The van der Waals surface area contributed by atoms with Crippen molar-refractivity contribution in [2.24, 2.45) is 17.1 Å². The molecule has 16 heavy (non-hydrogen) atoms. The second-order valence-electron chi connectivity index (χ2n) is 5.84. The lowest BCUT2D eigenvalue weighted by Crippen LogP contribution is -2.17. The van der Waals surface area contributed by atoms with Crippen molar-refractivity contribution >= 4 is 27.3 Å². The van der Waals surface area contributed by atoms with Gasteiger partial charge in [0.2, 0.25) is 0 Å². The van der Waals surface area contributed by atoms with Crippen LogP contribution in [0.4, 0.5) is 0 Å². The number of halogens is 1. The van der Waals surface area contributed by atoms with Crippen LogP contribution in [0.5, 0.6) is 0 Å². The van der Waals surface area contributed by atoms with Crippen LogP contribution in [0, 0.1) is 11.3 Å². The van der Waals surface area contributed by atoms with E-state index in [0.717, 1.165) is 10.9 Å². The Bertz CT molecular complexity index is 327. The Kier molecular flexibility index (Phi) is 5.02. The second kappa shape index (κ2) is 5.65. The molecular weight excluding hydrogens is 282 g/mol. The Morgan fingerprint density at radius 1 is 1.44 bits per heavy atom. The van der Waals surface area contributed by atoms with Crippen LogP contribution in [0.3, 0.4) is 0 Å². The van der Waals surface area contributed by atoms with Gasteiger partial charge in [-0.2, -0.15) is 0 Å². The fourth-order valence-corrected chi connectivity index (χ4v) is 3.92. The summed E-state index contributed by atoms with van der Waals surface area (Å²) in [4.78, 5) is 1.28. The van der Waals surface area contributed by atoms with Crippen molar-refractivity contribution in [3.8, 4) is 0 Å². The summed E-state index contributed by atoms with van der Waals surface area (Å²) in [6, 6.07) is 2.25. The number of hydrogen-bond donors (Lipinski definition) is 1. The molecule has 0 saturated carbocycles. The summed E-state index contributed by atoms with van der Waals surface area (Å²) >= 11 is 5.29. The summed E-state index contributed by atoms with van der Waals surface area (Å²) in [5.41, 5.74) is 6.64. The first-order chi connectivity index (χ1) is 7.29. The molecule has 1 heterocycles. The van der Waals surface area contributed by atoms with Gasteiger partial charge in [0, 0.05) is 15.4 Å². The van der Waals surface area contributed by atoms with Crippen molar-refractivity contribution in [2.75, 3.05) is 0 Å². The van der Waals surface area contributed by atoms with E-state index in [1.165, 1.54) is 11.3 Å². The van der Waals surface area contributed by atoms with Crippen molar-refractivity contribution in [3.05, 3.63) is 20.8 Å². The minimum absolute atomic E-state index is 0.173. The Hall–Kier alpha value is 0.140. The molecule has 3 heteroatoms. The van der Waals surface area contributed by atoms with E-state index in [2.05, 4.69) is 55.1 Å². The van der Waals surface area contributed by atoms with Crippen LogP contribution in [0.2, 0.25) is 0 Å². The Morgan fingerprint density at radius 2 is 2.06 bits per heavy atom. The molecule has 0 aliphatic rings. The molecule has 0 fully saturated rings. The number of thiophene rings is 1. The maximum atomic E-state index is 6.24. The van der Waals surface area contributed by atoms with Crippen molar-refractivity contribution in [1.82, 2.24) is 0 Å². The fourth-order valence-electron chi connectivity index (χ4n) is 2.24. The van der Waals surface area contributed by atoms with Crippen LogP contribution in [0.1, 0.15) is 51.5 Å². The van der Waals surface area contributed by atoms with E-state index in [4.69, 9.17) is 5.73 Å². The summed E-state index contributed by atoms with van der Waals surface area (Å²) < 4.78 is 1.16. The molecule has 0 aromatic carbocycles. The topological polar surface area (TPSA) is 26.0 Å². The van der Waals surface area contributed by atoms with E-state index in [9.17, 15) is 0 Å². The molecular formula is C13H22BrNS. The van der Waals surface area contributed by atoms with Crippen LogP contribution >= 0.6 is 27.3 Å². The van der Waals surface area contributed by atoms with Gasteiger partial charge in [0.05, 0.1) is 0 Å². The third-order valence-corrected chi connectivity index (χ3v) is 4.60. The van der Waals surface area contributed by atoms with Gasteiger partial charge >= 0.3 is 0 Å². The number of rotatable bonds is 4. The molecule has 0 bridgehead atoms. The maximum absolute atomic E-state index is 6.24. The summed E-state index contributed by atoms with van der Waals surface area (Å²) in [6.07, 6.45) is 2.29. The largest absolute Gasteiger partial charge is 0.323 e. The first-order valence-electron chi connectivity index (χ1n) is 5.78. The lowest BCUT2D eigenvalue weighted by Gasteiger charge is -2.25. The number of nitrogens with two attached hydrogens (primary N) is 1. The minimum Gasteiger partial charge on any atom is -0.323 e. The SMILES string of the molecule is CC(CC(N)c1sccc1Br)CC(C)(C)C. The van der Waals surface area contributed by atoms with Crippen LogP contribution in [-0.4, -0.2) is 0 Å². The average Bonchev–Trinajstić information content (AvgIpc) is 2.47. The smallest absolute Gasteiger partial charge is 0.0403 e. The molecule has 0 amide bonds. The molecule has 1 aromatic rings. The van der Waals surface area contributed by atoms with E-state index in [0.29, 0.717) is 11.3 Å². The normalized spacial score (nSPS) is 16.1. The lowest BCUT2D eigenvalue weighted by molar-refractivity contribution is 0.287. The van der Waals surface area contributed by atoms with E-state index >= 15 is 0 Å². The summed E-state index contributed by atoms with van der Waals surface area (Å²) in [5, 5.41) is 2.09. The van der Waals surface area contributed by atoms with Gasteiger partial charge in [0.1, 0.15) is 0 Å². The monoisotopic (exact) mass is 303 g/mol. The van der Waals surface area contributed by atoms with Gasteiger partial charge in [-0.3, -0.25) is 0 Å². The van der Waals surface area contributed by atoms with E-state index in [1.54, 1.807) is 11.3 Å². The molecule has 0 aliphatic heterocycles. The standard InChI is InChI=1S/C13H22BrNS/c1-9(8-13(2,3)4)7-11(15)12-10(14)5-6-16-12/h5-6,9,11H,7-8,15H2,1-4H3. The molecule has 2 atom stereocenters. The molecule has 2 unspecified atom stereocenters. The summed E-state index contributed by atoms with van der Waals surface area (Å²) in [5.74, 6) is 0.670. The zero-order chi connectivity index (χ0) is 12.3. The maximum Gasteiger partial charge on any atom is 0.0403 e. The van der Waals surface area contributed by atoms with E-state index in [-0.39, 0.29) is 6.04 Å². The van der Waals surface area contributed by atoms with Crippen molar-refractivity contribution in [1.29, 1.82) is 0 Å². The minimum atomic E-state index is 0.173. The lowest BCUT2D eigenvalue weighted by atomic mass is 9.83. The molecule has 1 nitrogen and oxygen atoms in total. The van der Waals surface area contributed by atoms with Gasteiger partial charge in [0.25, 0.3) is 0 Å². The highest BCUT2D eigenvalue weighted by Gasteiger charge is 2.19. The van der Waals surface area contributed by atoms with Gasteiger partial charge in [-0.05, 0) is 51.6 Å². The van der Waals surface area contributed by atoms with Crippen LogP contribution < -0.4 is 5.73 Å². The van der Waals surface area contributed by atoms with Gasteiger partial charge < -0.3 is 5.73 Å². The van der Waals surface area contributed by atoms with Crippen LogP contribution in [0.15, 0.2) is 15.9 Å². The third-order valence-electron chi connectivity index (χ3n) is 2.60. The van der Waals surface area contributed by atoms with Crippen molar-refractivity contribution in [3.63, 3.8) is 0 Å². The molecule has 1 rings (SSSR count). The second-order valence-corrected chi connectivity index (χ2v) is 7.65. The fraction of sp³-hybridized carbons (Fsp3) is 0.692. The first kappa shape index (κ1) is 14.2. The quantitative estimate of drug-likeness (QED) is 0.834. The Morgan fingerprint density at radius 3 is 2.50 bits per heavy atom. The molecule has 0 saturated heterocycles. The number of hydrogen-bond acceptors (Lipinski definition) is 2. The van der Waals surface area contributed by atoms with Crippen LogP contribution in [-0.2, 0) is 0 Å². The molecule has 0 radical (unpaired) electrons. The predicted octanol–water partition coefficient (Wildman–Crippen LogP) is 4.97. The first-order valence-corrected chi connectivity index (χ1v) is 7.45. The van der Waals surface area contributed by atoms with Gasteiger partial charge in [-0.25, -0.2) is 0 Å². The zero-order valence-electron chi connectivity index (χ0n) is 10.6. The zero-order valence-corrected chi connectivity index (χ0v) is 13.0. The average molecular weight is 304 g/mol. The Labute approximate surface area is 112 Å². The molecule has 0 spiro atoms. The highest BCUT2D eigenvalue weighted by atomic mass is 79.9. The Balaban J connectivity index is 2.52. The van der Waals surface area contributed by atoms with Crippen molar-refractivity contribution in [2.45, 2.75) is 46.6 Å². The summed E-state index contributed by atoms with van der Waals surface area (Å²) in [7, 11) is 0. The molecule has 2 N–H and O–H groups in total. The van der Waals surface area contributed by atoms with Gasteiger partial charge in [-0.1, -0.05) is 27.7 Å². The van der Waals surface area contributed by atoms with Gasteiger partial charge in [-0.15, -0.1) is 11.3 Å². The van der Waals surface area contributed by atoms with E-state index < -0.39 is 0 Å². The van der Waals surface area contributed by atoms with E-state index in [1.807, 2.05) is 0 Å². The van der Waals surface area contributed by atoms with Gasteiger partial charge in [0.15, 0.2) is 0 Å².